The van der Waals surface area contributed by atoms with Gasteiger partial charge >= 0.3 is 5.97 Å². The highest BCUT2D eigenvalue weighted by Crippen LogP contribution is 2.41. The van der Waals surface area contributed by atoms with Gasteiger partial charge in [-0.05, 0) is 42.3 Å². The number of nitrogens with zero attached hydrogens (tertiary/aromatic N) is 5. The van der Waals surface area contributed by atoms with Gasteiger partial charge in [0.1, 0.15) is 22.1 Å². The number of carbonyl (C=O) groups is 3. The van der Waals surface area contributed by atoms with Gasteiger partial charge in [-0.1, -0.05) is 23.1 Å². The zero-order chi connectivity index (χ0) is 23.9. The van der Waals surface area contributed by atoms with Crippen LogP contribution in [0.5, 0.6) is 0 Å². The number of rotatable bonds is 8. The summed E-state index contributed by atoms with van der Waals surface area (Å²) in [6.07, 6.45) is 0.167. The Morgan fingerprint density at radius 1 is 1.30 bits per heavy atom. The number of fused-ring (bicyclic) bond motifs is 1. The maximum Gasteiger partial charge on any atom is 0.352 e. The lowest BCUT2D eigenvalue weighted by Gasteiger charge is -2.49. The number of aryl methyl sites for hydroxylation is 3. The molecule has 0 unspecified atom stereocenters. The molecule has 1 saturated heterocycles. The fourth-order valence-corrected chi connectivity index (χ4v) is 7.21. The summed E-state index contributed by atoms with van der Waals surface area (Å²) >= 11 is 7.77. The number of aliphatic carboxylic acids is 1. The Kier molecular flexibility index (Phi) is 7.17. The van der Waals surface area contributed by atoms with E-state index in [1.165, 1.54) is 39.8 Å². The van der Waals surface area contributed by atoms with E-state index >= 15 is 0 Å². The van der Waals surface area contributed by atoms with Crippen LogP contribution in [0.15, 0.2) is 20.1 Å². The number of aromatic nitrogens is 4. The zero-order valence-electron chi connectivity index (χ0n) is 18.0. The molecule has 2 N–H and O–H groups in total. The molecule has 2 aromatic rings. The van der Waals surface area contributed by atoms with E-state index in [0.717, 1.165) is 25.2 Å². The molecule has 2 aromatic heterocycles. The Morgan fingerprint density at radius 3 is 2.67 bits per heavy atom. The van der Waals surface area contributed by atoms with Crippen molar-refractivity contribution in [2.24, 2.45) is 0 Å². The number of nitrogens with one attached hydrogen (secondary N) is 1. The monoisotopic (exact) mass is 572 g/mol. The summed E-state index contributed by atoms with van der Waals surface area (Å²) in [4.78, 5) is 38.6. The Labute approximate surface area is 210 Å². The molecule has 0 saturated carbocycles. The fraction of sp³-hybridized carbons (Fsp3) is 0.474. The number of carbonyl (C=O) groups excluding carboxylic acids is 2. The molecular weight excluding hydrogens is 552 g/mol. The number of carboxylic acid groups (broad SMARTS) is 1. The van der Waals surface area contributed by atoms with Crippen LogP contribution in [0.25, 0.3) is 0 Å². The van der Waals surface area contributed by atoms with Crippen LogP contribution < -0.4 is 5.32 Å². The SMILES string of the molecule is Cc1nnc(SCC2=C(C(=O)O)N3C(=O)[C@H](NC(=O)CCn4nc(C)c(Br)c4C)[C@@H]3SC2)s1. The van der Waals surface area contributed by atoms with Gasteiger partial charge in [-0.2, -0.15) is 5.10 Å². The third-order valence-electron chi connectivity index (χ3n) is 5.29. The highest BCUT2D eigenvalue weighted by molar-refractivity contribution is 9.10. The van der Waals surface area contributed by atoms with Gasteiger partial charge in [0.25, 0.3) is 5.91 Å². The molecule has 2 atom stereocenters. The third kappa shape index (κ3) is 4.84. The van der Waals surface area contributed by atoms with Crippen LogP contribution in [0.3, 0.4) is 0 Å². The topological polar surface area (TPSA) is 130 Å². The number of thioether (sulfide) groups is 2. The number of amides is 2. The Balaban J connectivity index is 1.38. The molecule has 4 heterocycles. The van der Waals surface area contributed by atoms with E-state index in [0.29, 0.717) is 23.6 Å². The van der Waals surface area contributed by atoms with Crippen molar-refractivity contribution in [1.29, 1.82) is 0 Å². The summed E-state index contributed by atoms with van der Waals surface area (Å²) in [6, 6.07) is -0.732. The van der Waals surface area contributed by atoms with Crippen molar-refractivity contribution in [3.8, 4) is 0 Å². The third-order valence-corrected chi connectivity index (χ3v) is 9.83. The van der Waals surface area contributed by atoms with Gasteiger partial charge < -0.3 is 10.4 Å². The smallest absolute Gasteiger partial charge is 0.352 e. The molecule has 0 aromatic carbocycles. The molecule has 2 amide bonds. The van der Waals surface area contributed by atoms with E-state index in [1.54, 1.807) is 4.68 Å². The second-order valence-electron chi connectivity index (χ2n) is 7.55. The van der Waals surface area contributed by atoms with Gasteiger partial charge in [-0.15, -0.1) is 22.0 Å². The van der Waals surface area contributed by atoms with Gasteiger partial charge in [-0.3, -0.25) is 19.2 Å². The minimum Gasteiger partial charge on any atom is -0.477 e. The van der Waals surface area contributed by atoms with Gasteiger partial charge in [0, 0.05) is 23.6 Å². The Morgan fingerprint density at radius 2 is 2.06 bits per heavy atom. The lowest BCUT2D eigenvalue weighted by Crippen LogP contribution is -2.70. The van der Waals surface area contributed by atoms with Crippen molar-refractivity contribution in [1.82, 2.24) is 30.2 Å². The van der Waals surface area contributed by atoms with Crippen molar-refractivity contribution in [3.05, 3.63) is 32.1 Å². The summed E-state index contributed by atoms with van der Waals surface area (Å²) < 4.78 is 3.42. The molecule has 2 aliphatic heterocycles. The highest BCUT2D eigenvalue weighted by atomic mass is 79.9. The number of hydrogen-bond acceptors (Lipinski definition) is 9. The lowest BCUT2D eigenvalue weighted by molar-refractivity contribution is -0.150. The molecule has 0 spiro atoms. The number of hydrogen-bond donors (Lipinski definition) is 2. The highest BCUT2D eigenvalue weighted by Gasteiger charge is 2.54. The lowest BCUT2D eigenvalue weighted by atomic mass is 10.0. The molecule has 10 nitrogen and oxygen atoms in total. The average Bonchev–Trinajstić information content (AvgIpc) is 3.31. The van der Waals surface area contributed by atoms with Crippen molar-refractivity contribution < 1.29 is 19.5 Å². The van der Waals surface area contributed by atoms with Crippen LogP contribution >= 0.6 is 50.8 Å². The molecule has 4 rings (SSSR count). The molecular formula is C19H21BrN6O4S3. The van der Waals surface area contributed by atoms with E-state index in [-0.39, 0.29) is 18.0 Å². The second-order valence-corrected chi connectivity index (χ2v) is 11.8. The predicted octanol–water partition coefficient (Wildman–Crippen LogP) is 2.34. The first-order valence-electron chi connectivity index (χ1n) is 9.99. The van der Waals surface area contributed by atoms with E-state index in [1.807, 2.05) is 20.8 Å². The average molecular weight is 574 g/mol. The number of carboxylic acids is 1. The Hall–Kier alpha value is -1.90. The van der Waals surface area contributed by atoms with E-state index in [2.05, 4.69) is 36.5 Å². The van der Waals surface area contributed by atoms with E-state index in [4.69, 9.17) is 0 Å². The van der Waals surface area contributed by atoms with Crippen molar-refractivity contribution in [2.45, 2.75) is 49.5 Å². The first-order chi connectivity index (χ1) is 15.7. The molecule has 0 aliphatic carbocycles. The first-order valence-corrected chi connectivity index (χ1v) is 13.6. The number of halogens is 1. The van der Waals surface area contributed by atoms with Crippen LogP contribution in [0.1, 0.15) is 22.8 Å². The molecule has 0 radical (unpaired) electrons. The zero-order valence-corrected chi connectivity index (χ0v) is 22.0. The van der Waals surface area contributed by atoms with E-state index in [9.17, 15) is 19.5 Å². The standard InChI is InChI=1S/C19H21BrN6O4S3/c1-8-13(20)9(2)25(24-8)5-4-12(27)21-14-16(28)26-15(18(29)30)11(6-31-17(14)26)7-32-19-23-22-10(3)33-19/h14,17H,4-7H2,1-3H3,(H,21,27)(H,29,30)/t14-,17-/m0/s1. The summed E-state index contributed by atoms with van der Waals surface area (Å²) in [7, 11) is 0. The van der Waals surface area contributed by atoms with Crippen molar-refractivity contribution >= 4 is 68.6 Å². The minimum atomic E-state index is -1.14. The van der Waals surface area contributed by atoms with Gasteiger partial charge in [0.2, 0.25) is 5.91 Å². The quantitative estimate of drug-likeness (QED) is 0.361. The minimum absolute atomic E-state index is 0.00970. The summed E-state index contributed by atoms with van der Waals surface area (Å²) in [5.74, 6) is -0.938. The van der Waals surface area contributed by atoms with Crippen LogP contribution in [0.2, 0.25) is 0 Å². The maximum absolute atomic E-state index is 12.8. The fourth-order valence-electron chi connectivity index (χ4n) is 3.63. The van der Waals surface area contributed by atoms with Gasteiger partial charge in [0.15, 0.2) is 4.34 Å². The van der Waals surface area contributed by atoms with Crippen molar-refractivity contribution in [2.75, 3.05) is 11.5 Å². The number of β-lactam (4-membered cyclic amide) rings is 1. The molecule has 2 aliphatic rings. The summed E-state index contributed by atoms with van der Waals surface area (Å²) in [5.41, 5.74) is 2.45. The molecule has 14 heteroatoms. The second kappa shape index (κ2) is 9.76. The first kappa shape index (κ1) is 24.2. The largest absolute Gasteiger partial charge is 0.477 e. The molecule has 0 bridgehead atoms. The van der Waals surface area contributed by atoms with E-state index < -0.39 is 23.3 Å². The van der Waals surface area contributed by atoms with Gasteiger partial charge in [-0.25, -0.2) is 4.79 Å². The summed E-state index contributed by atoms with van der Waals surface area (Å²) in [6.45, 7) is 6.04. The Bertz CT molecular complexity index is 1160. The molecule has 33 heavy (non-hydrogen) atoms. The predicted molar refractivity (Wildman–Crippen MR) is 129 cm³/mol. The molecule has 176 valence electrons. The van der Waals surface area contributed by atoms with Crippen molar-refractivity contribution in [3.63, 3.8) is 0 Å². The van der Waals surface area contributed by atoms with Crippen LogP contribution in [0.4, 0.5) is 0 Å². The normalized spacial score (nSPS) is 20.0. The van der Waals surface area contributed by atoms with Crippen LogP contribution in [-0.2, 0) is 20.9 Å². The summed E-state index contributed by atoms with van der Waals surface area (Å²) in [5, 5.41) is 25.4. The maximum atomic E-state index is 12.8. The van der Waals surface area contributed by atoms with Gasteiger partial charge in [0.05, 0.1) is 16.7 Å². The van der Waals surface area contributed by atoms with Crippen LogP contribution in [0, 0.1) is 20.8 Å². The molecule has 1 fully saturated rings. The van der Waals surface area contributed by atoms with Crippen LogP contribution in [-0.4, -0.2) is 70.7 Å².